The fourth-order valence-electron chi connectivity index (χ4n) is 1.40. The number of ether oxygens (including phenoxy) is 2. The zero-order chi connectivity index (χ0) is 14.1. The first kappa shape index (κ1) is 14.7. The molecule has 0 aliphatic heterocycles. The highest BCUT2D eigenvalue weighted by molar-refractivity contribution is 5.87. The average molecular weight is 255 g/mol. The SMILES string of the molecule is COC(=O)c1oc(C(C)(C)OC)nc1C(C)(C)C. The standard InChI is InChI=1S/C13H21NO4/c1-12(2,3)9-8(10(15)16-6)18-11(14-9)13(4,5)17-7/h1-7H3. The predicted octanol–water partition coefficient (Wildman–Crippen LogP) is 2.64. The molecule has 0 N–H and O–H groups in total. The Morgan fingerprint density at radius 1 is 1.17 bits per heavy atom. The summed E-state index contributed by atoms with van der Waals surface area (Å²) >= 11 is 0. The highest BCUT2D eigenvalue weighted by Crippen LogP contribution is 2.31. The maximum absolute atomic E-state index is 11.7. The third-order valence-corrected chi connectivity index (χ3v) is 2.73. The van der Waals surface area contributed by atoms with E-state index in [1.165, 1.54) is 7.11 Å². The summed E-state index contributed by atoms with van der Waals surface area (Å²) in [5, 5.41) is 0. The molecule has 0 bridgehead atoms. The molecule has 0 saturated heterocycles. The van der Waals surface area contributed by atoms with Crippen molar-refractivity contribution in [2.45, 2.75) is 45.6 Å². The van der Waals surface area contributed by atoms with Crippen LogP contribution in [-0.4, -0.2) is 25.2 Å². The summed E-state index contributed by atoms with van der Waals surface area (Å²) in [6.45, 7) is 9.53. The van der Waals surface area contributed by atoms with Gasteiger partial charge in [0.15, 0.2) is 0 Å². The quantitative estimate of drug-likeness (QED) is 0.777. The van der Waals surface area contributed by atoms with Crippen LogP contribution in [0.4, 0.5) is 0 Å². The van der Waals surface area contributed by atoms with Gasteiger partial charge in [0, 0.05) is 12.5 Å². The van der Waals surface area contributed by atoms with Crippen LogP contribution in [0.3, 0.4) is 0 Å². The van der Waals surface area contributed by atoms with Crippen molar-refractivity contribution < 1.29 is 18.7 Å². The Balaban J connectivity index is 3.38. The van der Waals surface area contributed by atoms with Gasteiger partial charge in [0.1, 0.15) is 5.60 Å². The Kier molecular flexibility index (Phi) is 3.86. The van der Waals surface area contributed by atoms with E-state index in [4.69, 9.17) is 13.9 Å². The minimum absolute atomic E-state index is 0.144. The van der Waals surface area contributed by atoms with Crippen molar-refractivity contribution in [3.05, 3.63) is 17.3 Å². The average Bonchev–Trinajstić information content (AvgIpc) is 2.73. The molecule has 0 saturated carbocycles. The van der Waals surface area contributed by atoms with E-state index < -0.39 is 11.6 Å². The molecular weight excluding hydrogens is 234 g/mol. The van der Waals surface area contributed by atoms with E-state index in [0.717, 1.165) is 0 Å². The second-order valence-corrected chi connectivity index (χ2v) is 5.65. The summed E-state index contributed by atoms with van der Waals surface area (Å²) in [4.78, 5) is 16.1. The van der Waals surface area contributed by atoms with Crippen molar-refractivity contribution in [3.63, 3.8) is 0 Å². The maximum Gasteiger partial charge on any atom is 0.376 e. The Hall–Kier alpha value is -1.36. The van der Waals surface area contributed by atoms with Gasteiger partial charge in [-0.15, -0.1) is 0 Å². The number of hydrogen-bond acceptors (Lipinski definition) is 5. The fourth-order valence-corrected chi connectivity index (χ4v) is 1.40. The van der Waals surface area contributed by atoms with E-state index in [1.807, 2.05) is 34.6 Å². The first-order chi connectivity index (χ1) is 8.13. The predicted molar refractivity (Wildman–Crippen MR) is 66.6 cm³/mol. The number of oxazole rings is 1. The van der Waals surface area contributed by atoms with E-state index in [2.05, 4.69) is 4.98 Å². The van der Waals surface area contributed by atoms with E-state index in [9.17, 15) is 4.79 Å². The highest BCUT2D eigenvalue weighted by Gasteiger charge is 2.34. The highest BCUT2D eigenvalue weighted by atomic mass is 16.5. The number of methoxy groups -OCH3 is 2. The molecule has 1 heterocycles. The zero-order valence-electron chi connectivity index (χ0n) is 12.1. The minimum Gasteiger partial charge on any atom is -0.463 e. The Morgan fingerprint density at radius 2 is 1.72 bits per heavy atom. The zero-order valence-corrected chi connectivity index (χ0v) is 12.1. The molecule has 5 heteroatoms. The van der Waals surface area contributed by atoms with Gasteiger partial charge in [0.2, 0.25) is 11.7 Å². The summed E-state index contributed by atoms with van der Waals surface area (Å²) in [6.07, 6.45) is 0. The molecule has 0 radical (unpaired) electrons. The summed E-state index contributed by atoms with van der Waals surface area (Å²) in [7, 11) is 2.89. The van der Waals surface area contributed by atoms with Gasteiger partial charge in [-0.1, -0.05) is 20.8 Å². The minimum atomic E-state index is -0.688. The first-order valence-electron chi connectivity index (χ1n) is 5.78. The summed E-state index contributed by atoms with van der Waals surface area (Å²) < 4.78 is 15.6. The van der Waals surface area contributed by atoms with Gasteiger partial charge in [-0.25, -0.2) is 9.78 Å². The molecule has 0 aliphatic carbocycles. The first-order valence-corrected chi connectivity index (χ1v) is 5.78. The van der Waals surface area contributed by atoms with Gasteiger partial charge >= 0.3 is 5.97 Å². The normalized spacial score (nSPS) is 12.6. The van der Waals surface area contributed by atoms with E-state index in [1.54, 1.807) is 7.11 Å². The largest absolute Gasteiger partial charge is 0.463 e. The Labute approximate surface area is 107 Å². The van der Waals surface area contributed by atoms with Crippen LogP contribution < -0.4 is 0 Å². The Morgan fingerprint density at radius 3 is 2.11 bits per heavy atom. The number of rotatable bonds is 3. The van der Waals surface area contributed by atoms with E-state index in [-0.39, 0.29) is 11.2 Å². The van der Waals surface area contributed by atoms with Crippen molar-refractivity contribution >= 4 is 5.97 Å². The molecule has 0 unspecified atom stereocenters. The van der Waals surface area contributed by atoms with E-state index in [0.29, 0.717) is 11.6 Å². The van der Waals surface area contributed by atoms with Gasteiger partial charge in [0.05, 0.1) is 12.8 Å². The molecule has 5 nitrogen and oxygen atoms in total. The third kappa shape index (κ3) is 2.72. The molecule has 18 heavy (non-hydrogen) atoms. The molecule has 102 valence electrons. The van der Waals surface area contributed by atoms with Gasteiger partial charge in [0.25, 0.3) is 0 Å². The molecule has 0 aliphatic rings. The number of esters is 1. The van der Waals surface area contributed by atoms with Crippen molar-refractivity contribution in [1.82, 2.24) is 4.98 Å². The van der Waals surface area contributed by atoms with Crippen LogP contribution in [0.15, 0.2) is 4.42 Å². The van der Waals surface area contributed by atoms with Crippen molar-refractivity contribution in [2.24, 2.45) is 0 Å². The van der Waals surface area contributed by atoms with Crippen molar-refractivity contribution in [1.29, 1.82) is 0 Å². The number of carbonyl (C=O) groups is 1. The van der Waals surface area contributed by atoms with Crippen LogP contribution in [0.2, 0.25) is 0 Å². The molecule has 0 spiro atoms. The van der Waals surface area contributed by atoms with Gasteiger partial charge in [-0.3, -0.25) is 0 Å². The van der Waals surface area contributed by atoms with Gasteiger partial charge < -0.3 is 13.9 Å². The molecule has 0 aromatic carbocycles. The van der Waals surface area contributed by atoms with Crippen LogP contribution in [0.5, 0.6) is 0 Å². The lowest BCUT2D eigenvalue weighted by molar-refractivity contribution is -0.00494. The molecule has 1 aromatic heterocycles. The number of aromatic nitrogens is 1. The molecule has 0 atom stereocenters. The van der Waals surface area contributed by atoms with Crippen LogP contribution in [0, 0.1) is 0 Å². The molecule has 1 rings (SSSR count). The number of carbonyl (C=O) groups excluding carboxylic acids is 1. The number of nitrogens with zero attached hydrogens (tertiary/aromatic N) is 1. The Bertz CT molecular complexity index is 440. The lowest BCUT2D eigenvalue weighted by Gasteiger charge is -2.18. The monoisotopic (exact) mass is 255 g/mol. The number of hydrogen-bond donors (Lipinski definition) is 0. The van der Waals surface area contributed by atoms with Crippen LogP contribution >= 0.6 is 0 Å². The van der Waals surface area contributed by atoms with Crippen molar-refractivity contribution in [2.75, 3.05) is 14.2 Å². The molecule has 1 aromatic rings. The van der Waals surface area contributed by atoms with Gasteiger partial charge in [-0.2, -0.15) is 0 Å². The molecule has 0 fully saturated rings. The lowest BCUT2D eigenvalue weighted by Crippen LogP contribution is -2.21. The molecule has 0 amide bonds. The van der Waals surface area contributed by atoms with Crippen LogP contribution in [0.1, 0.15) is 56.8 Å². The second kappa shape index (κ2) is 4.72. The summed E-state index contributed by atoms with van der Waals surface area (Å²) in [6, 6.07) is 0. The summed E-state index contributed by atoms with van der Waals surface area (Å²) in [5.74, 6) is -0.00831. The smallest absolute Gasteiger partial charge is 0.376 e. The third-order valence-electron chi connectivity index (χ3n) is 2.73. The summed E-state index contributed by atoms with van der Waals surface area (Å²) in [5.41, 5.74) is -0.420. The van der Waals surface area contributed by atoms with Crippen molar-refractivity contribution in [3.8, 4) is 0 Å². The van der Waals surface area contributed by atoms with E-state index >= 15 is 0 Å². The second-order valence-electron chi connectivity index (χ2n) is 5.65. The van der Waals surface area contributed by atoms with Crippen LogP contribution in [0.25, 0.3) is 0 Å². The van der Waals surface area contributed by atoms with Gasteiger partial charge in [-0.05, 0) is 13.8 Å². The van der Waals surface area contributed by atoms with Crippen LogP contribution in [-0.2, 0) is 20.5 Å². The lowest BCUT2D eigenvalue weighted by atomic mass is 9.91. The molecular formula is C13H21NO4. The topological polar surface area (TPSA) is 61.6 Å². The fraction of sp³-hybridized carbons (Fsp3) is 0.692. The maximum atomic E-state index is 11.7.